The second-order valence-corrected chi connectivity index (χ2v) is 27.5. The van der Waals surface area contributed by atoms with Gasteiger partial charge in [-0.1, -0.05) is 309 Å². The number of hydrogen-bond acceptors (Lipinski definition) is 7. The molecule has 10 heteroatoms. The highest BCUT2D eigenvalue weighted by Gasteiger charge is 2.27. The second kappa shape index (κ2) is 69.0. The molecule has 0 saturated heterocycles. The normalized spacial score (nSPS) is 14.2. The van der Waals surface area contributed by atoms with Crippen molar-refractivity contribution in [1.82, 2.24) is 5.32 Å². The fraction of sp³-hybridized carbons (Fsp3) is 0.704. The van der Waals surface area contributed by atoms with E-state index in [2.05, 4.69) is 148 Å². The van der Waals surface area contributed by atoms with Crippen molar-refractivity contribution >= 4 is 19.7 Å². The molecule has 0 heterocycles. The summed E-state index contributed by atoms with van der Waals surface area (Å²) < 4.78 is 30.5. The molecular formula is C81H141N2O7P. The molecule has 0 fully saturated rings. The van der Waals surface area contributed by atoms with Crippen molar-refractivity contribution in [1.29, 1.82) is 0 Å². The van der Waals surface area contributed by atoms with Crippen LogP contribution < -0.4 is 10.2 Å². The van der Waals surface area contributed by atoms with E-state index in [-0.39, 0.29) is 24.9 Å². The third-order valence-corrected chi connectivity index (χ3v) is 17.0. The molecular weight excluding hydrogens is 1140 g/mol. The molecule has 0 bridgehead atoms. The molecule has 0 aliphatic carbocycles. The minimum absolute atomic E-state index is 0.0313. The molecule has 3 atom stereocenters. The zero-order valence-corrected chi connectivity index (χ0v) is 60.7. The molecule has 0 spiro atoms. The summed E-state index contributed by atoms with van der Waals surface area (Å²) in [7, 11) is 1.16. The number of quaternary nitrogens is 1. The van der Waals surface area contributed by atoms with Crippen LogP contribution in [0.1, 0.15) is 316 Å². The van der Waals surface area contributed by atoms with Gasteiger partial charge >= 0.3 is 5.97 Å². The summed E-state index contributed by atoms with van der Waals surface area (Å²) in [6, 6.07) is -0.906. The Morgan fingerprint density at radius 1 is 0.396 bits per heavy atom. The molecule has 9 nitrogen and oxygen atoms in total. The van der Waals surface area contributed by atoms with E-state index in [1.54, 1.807) is 0 Å². The van der Waals surface area contributed by atoms with Crippen molar-refractivity contribution in [3.8, 4) is 0 Å². The first-order chi connectivity index (χ1) is 44.4. The van der Waals surface area contributed by atoms with E-state index in [4.69, 9.17) is 13.8 Å². The summed E-state index contributed by atoms with van der Waals surface area (Å²) in [5, 5.41) is 3.04. The van der Waals surface area contributed by atoms with Crippen LogP contribution >= 0.6 is 7.82 Å². The number of unbranched alkanes of at least 4 members (excludes halogenated alkanes) is 31. The average Bonchev–Trinajstić information content (AvgIpc) is 3.73. The first kappa shape index (κ1) is 87.2. The molecule has 0 aromatic rings. The van der Waals surface area contributed by atoms with Gasteiger partial charge in [-0.15, -0.1) is 0 Å². The largest absolute Gasteiger partial charge is 0.756 e. The fourth-order valence-electron chi connectivity index (χ4n) is 10.3. The van der Waals surface area contributed by atoms with Gasteiger partial charge in [0, 0.05) is 12.8 Å². The molecule has 0 aliphatic rings. The van der Waals surface area contributed by atoms with Crippen molar-refractivity contribution in [3.63, 3.8) is 0 Å². The van der Waals surface area contributed by atoms with Crippen molar-refractivity contribution in [3.05, 3.63) is 134 Å². The number of likely N-dealkylation sites (N-methyl/N-ethyl adjacent to an activating group) is 1. The first-order valence-electron chi connectivity index (χ1n) is 37.5. The van der Waals surface area contributed by atoms with E-state index in [0.29, 0.717) is 23.9 Å². The standard InChI is InChI=1S/C81H141N2O7P/c1-7-10-13-16-19-22-25-28-30-32-34-36-38-40-41-43-45-47-49-51-53-56-59-62-65-68-71-74-81(85)90-79(72-69-66-63-60-57-54-27-24-21-18-15-12-9-3)78(77-89-91(86,87)88-76-75-83(4,5)6)82-80(84)73-70-67-64-61-58-55-52-50-48-46-44-42-39-37-35-33-31-29-26-23-20-17-14-11-8-2/h10,13,19-20,22-23,28-31,34-37,40-42,44-45,47,69,72,78-79H,7-9,11-12,14-18,21,24-27,32-33,38-39,43,46,48-68,70-71,73-77H2,1-6H3,(H-,82,84,86,87)/b13-10-,22-19-,23-20-,30-28-,31-29-,36-34-,37-35-,41-40-,44-42-,47-45-,72-69+. The highest BCUT2D eigenvalue weighted by atomic mass is 31.2. The average molecular weight is 1290 g/mol. The lowest BCUT2D eigenvalue weighted by molar-refractivity contribution is -0.870. The fourth-order valence-corrected chi connectivity index (χ4v) is 11.1. The van der Waals surface area contributed by atoms with Gasteiger partial charge in [-0.3, -0.25) is 14.2 Å². The zero-order valence-electron chi connectivity index (χ0n) is 59.8. The molecule has 0 radical (unpaired) electrons. The van der Waals surface area contributed by atoms with Crippen LogP contribution in [0.2, 0.25) is 0 Å². The van der Waals surface area contributed by atoms with E-state index in [0.717, 1.165) is 135 Å². The first-order valence-corrected chi connectivity index (χ1v) is 39.0. The number of carbonyl (C=O) groups is 2. The highest BCUT2D eigenvalue weighted by Crippen LogP contribution is 2.38. The number of phosphoric ester groups is 1. The summed E-state index contributed by atoms with van der Waals surface area (Å²) in [6.07, 6.45) is 98.6. The van der Waals surface area contributed by atoms with Gasteiger partial charge in [0.2, 0.25) is 5.91 Å². The second-order valence-electron chi connectivity index (χ2n) is 26.1. The number of amides is 1. The van der Waals surface area contributed by atoms with Crippen LogP contribution in [0.25, 0.3) is 0 Å². The summed E-state index contributed by atoms with van der Waals surface area (Å²) in [5.41, 5.74) is 0. The van der Waals surface area contributed by atoms with Crippen molar-refractivity contribution in [2.75, 3.05) is 40.9 Å². The number of hydrogen-bond donors (Lipinski definition) is 1. The molecule has 1 amide bonds. The van der Waals surface area contributed by atoms with Crippen molar-refractivity contribution < 1.29 is 37.3 Å². The van der Waals surface area contributed by atoms with Crippen LogP contribution in [-0.2, 0) is 27.9 Å². The number of carbonyl (C=O) groups excluding carboxylic acids is 2. The molecule has 91 heavy (non-hydrogen) atoms. The van der Waals surface area contributed by atoms with Gasteiger partial charge in [-0.05, 0) is 128 Å². The number of allylic oxidation sites excluding steroid dienone is 21. The van der Waals surface area contributed by atoms with Gasteiger partial charge in [0.1, 0.15) is 19.3 Å². The van der Waals surface area contributed by atoms with E-state index < -0.39 is 26.6 Å². The third-order valence-electron chi connectivity index (χ3n) is 16.1. The zero-order chi connectivity index (χ0) is 66.3. The molecule has 0 aliphatic heterocycles. The minimum Gasteiger partial charge on any atom is -0.756 e. The summed E-state index contributed by atoms with van der Waals surface area (Å²) >= 11 is 0. The highest BCUT2D eigenvalue weighted by molar-refractivity contribution is 7.45. The van der Waals surface area contributed by atoms with Crippen LogP contribution in [0, 0.1) is 0 Å². The van der Waals surface area contributed by atoms with Crippen LogP contribution in [-0.4, -0.2) is 69.4 Å². The molecule has 0 aromatic carbocycles. The smallest absolute Gasteiger partial charge is 0.306 e. The van der Waals surface area contributed by atoms with Crippen molar-refractivity contribution in [2.24, 2.45) is 0 Å². The Bertz CT molecular complexity index is 2020. The molecule has 522 valence electrons. The summed E-state index contributed by atoms with van der Waals surface area (Å²) in [4.78, 5) is 40.3. The van der Waals surface area contributed by atoms with Gasteiger partial charge in [0.25, 0.3) is 7.82 Å². The predicted octanol–water partition coefficient (Wildman–Crippen LogP) is 23.7. The Hall–Kier alpha value is -3.85. The number of ether oxygens (including phenoxy) is 1. The van der Waals surface area contributed by atoms with E-state index >= 15 is 0 Å². The van der Waals surface area contributed by atoms with Gasteiger partial charge in [-0.25, -0.2) is 0 Å². The molecule has 0 saturated carbocycles. The lowest BCUT2D eigenvalue weighted by atomic mass is 10.0. The van der Waals surface area contributed by atoms with Crippen LogP contribution in [0.15, 0.2) is 134 Å². The monoisotopic (exact) mass is 1290 g/mol. The Morgan fingerprint density at radius 2 is 0.703 bits per heavy atom. The van der Waals surface area contributed by atoms with Gasteiger partial charge in [0.05, 0.1) is 33.8 Å². The van der Waals surface area contributed by atoms with Crippen LogP contribution in [0.3, 0.4) is 0 Å². The quantitative estimate of drug-likeness (QED) is 0.0212. The van der Waals surface area contributed by atoms with E-state index in [9.17, 15) is 19.0 Å². The number of nitrogens with one attached hydrogen (secondary N) is 1. The van der Waals surface area contributed by atoms with E-state index in [1.807, 2.05) is 33.3 Å². The topological polar surface area (TPSA) is 114 Å². The van der Waals surface area contributed by atoms with Gasteiger partial charge in [-0.2, -0.15) is 0 Å². The lowest BCUT2D eigenvalue weighted by Gasteiger charge is -2.30. The Labute approximate surface area is 562 Å². The number of phosphoric acid groups is 1. The predicted molar refractivity (Wildman–Crippen MR) is 394 cm³/mol. The summed E-state index contributed by atoms with van der Waals surface area (Å²) in [5.74, 6) is -0.558. The Morgan fingerprint density at radius 3 is 1.08 bits per heavy atom. The summed E-state index contributed by atoms with van der Waals surface area (Å²) in [6.45, 7) is 6.71. The number of esters is 1. The molecule has 0 rings (SSSR count). The van der Waals surface area contributed by atoms with Gasteiger partial charge in [0.15, 0.2) is 0 Å². The lowest BCUT2D eigenvalue weighted by Crippen LogP contribution is -2.47. The van der Waals surface area contributed by atoms with E-state index in [1.165, 1.54) is 141 Å². The Balaban J connectivity index is 5.11. The number of rotatable bonds is 67. The third kappa shape index (κ3) is 70.3. The maximum atomic E-state index is 13.6. The maximum absolute atomic E-state index is 13.6. The van der Waals surface area contributed by atoms with Crippen LogP contribution in [0.5, 0.6) is 0 Å². The van der Waals surface area contributed by atoms with Crippen molar-refractivity contribution in [2.45, 2.75) is 328 Å². The maximum Gasteiger partial charge on any atom is 0.306 e. The molecule has 1 N–H and O–H groups in total. The number of nitrogens with zero attached hydrogens (tertiary/aromatic N) is 1. The minimum atomic E-state index is -4.72. The molecule has 3 unspecified atom stereocenters. The van der Waals surface area contributed by atoms with Gasteiger partial charge < -0.3 is 28.5 Å². The SMILES string of the molecule is CC/C=C\C/C=C\C/C=C\C/C=C\C/C=C\C/C=C\CCCCCCCCCCC(=O)OC(/C=C/CCCCCCCCCCCCC)C(COP(=O)([O-])OCC[N+](C)(C)C)NC(=O)CCCCCCCCCCC/C=C\C/C=C\C/C=C\C/C=C\CCCCC. The van der Waals surface area contributed by atoms with Crippen LogP contribution in [0.4, 0.5) is 0 Å². The molecule has 0 aromatic heterocycles. The Kier molecular flexibility index (Phi) is 66.1.